The molecule has 0 spiro atoms. The van der Waals surface area contributed by atoms with Gasteiger partial charge in [0.2, 0.25) is 5.91 Å². The number of hydrogen-bond acceptors (Lipinski definition) is 5. The highest BCUT2D eigenvalue weighted by molar-refractivity contribution is 7.12. The number of aromatic nitrogens is 3. The number of hydrogen-bond donors (Lipinski definition) is 1. The third-order valence-electron chi connectivity index (χ3n) is 4.52. The minimum absolute atomic E-state index is 0.0574. The Balaban J connectivity index is 1.51. The smallest absolute Gasteiger partial charge is 0.231 e. The van der Waals surface area contributed by atoms with E-state index in [1.54, 1.807) is 11.3 Å². The molecule has 3 aromatic heterocycles. The van der Waals surface area contributed by atoms with Gasteiger partial charge >= 0.3 is 0 Å². The lowest BCUT2D eigenvalue weighted by molar-refractivity contribution is -0.115. The lowest BCUT2D eigenvalue weighted by atomic mass is 10.2. The third kappa shape index (κ3) is 3.76. The number of nitrogens with one attached hydrogen (secondary N) is 1. The zero-order chi connectivity index (χ0) is 19.7. The number of nitrogens with zero attached hydrogens (tertiary/aromatic N) is 3. The molecule has 0 atom stereocenters. The molecule has 0 radical (unpaired) electrons. The summed E-state index contributed by atoms with van der Waals surface area (Å²) in [6.07, 6.45) is 2.08. The van der Waals surface area contributed by atoms with E-state index in [9.17, 15) is 4.79 Å². The summed E-state index contributed by atoms with van der Waals surface area (Å²) in [5.41, 5.74) is 6.17. The number of anilines is 1. The van der Waals surface area contributed by atoms with Gasteiger partial charge in [0.15, 0.2) is 5.13 Å². The molecule has 0 aliphatic heterocycles. The molecule has 1 amide bonds. The standard InChI is InChI=1S/C21H20N4OS2/c1-13-4-6-16(7-5-13)23-19(26)11-20-24-18(12-28-20)17-10-14(2)25(15(17)3)21-22-8-9-27-21/h4-10,12H,11H2,1-3H3,(H,23,26). The van der Waals surface area contributed by atoms with E-state index in [4.69, 9.17) is 4.98 Å². The van der Waals surface area contributed by atoms with Crippen molar-refractivity contribution in [3.8, 4) is 16.4 Å². The molecule has 1 aromatic carbocycles. The van der Waals surface area contributed by atoms with Gasteiger partial charge in [-0.2, -0.15) is 0 Å². The van der Waals surface area contributed by atoms with Gasteiger partial charge in [0, 0.05) is 39.6 Å². The normalized spacial score (nSPS) is 11.0. The molecule has 4 rings (SSSR count). The van der Waals surface area contributed by atoms with Crippen molar-refractivity contribution < 1.29 is 4.79 Å². The van der Waals surface area contributed by atoms with Crippen LogP contribution in [0.5, 0.6) is 0 Å². The average Bonchev–Trinajstić information content (AvgIpc) is 3.38. The van der Waals surface area contributed by atoms with Crippen LogP contribution in [0.15, 0.2) is 47.3 Å². The van der Waals surface area contributed by atoms with Gasteiger partial charge in [-0.3, -0.25) is 9.36 Å². The minimum Gasteiger partial charge on any atom is -0.326 e. The largest absolute Gasteiger partial charge is 0.326 e. The number of carbonyl (C=O) groups is 1. The first kappa shape index (κ1) is 18.6. The number of rotatable bonds is 5. The second kappa shape index (κ2) is 7.69. The summed E-state index contributed by atoms with van der Waals surface area (Å²) in [7, 11) is 0. The summed E-state index contributed by atoms with van der Waals surface area (Å²) in [5, 5.41) is 8.67. The van der Waals surface area contributed by atoms with Crippen LogP contribution < -0.4 is 5.32 Å². The average molecular weight is 409 g/mol. The third-order valence-corrected chi connectivity index (χ3v) is 6.12. The number of benzene rings is 1. The summed E-state index contributed by atoms with van der Waals surface area (Å²) in [6, 6.07) is 9.91. The van der Waals surface area contributed by atoms with Gasteiger partial charge in [0.05, 0.1) is 12.1 Å². The molecule has 0 unspecified atom stereocenters. The fourth-order valence-corrected chi connectivity index (χ4v) is 4.68. The molecule has 0 fully saturated rings. The van der Waals surface area contributed by atoms with E-state index in [-0.39, 0.29) is 12.3 Å². The van der Waals surface area contributed by atoms with Gasteiger partial charge in [-0.05, 0) is 39.0 Å². The van der Waals surface area contributed by atoms with Crippen molar-refractivity contribution in [3.05, 3.63) is 69.2 Å². The molecular formula is C21H20N4OS2. The second-order valence-electron chi connectivity index (χ2n) is 6.65. The van der Waals surface area contributed by atoms with E-state index >= 15 is 0 Å². The van der Waals surface area contributed by atoms with Gasteiger partial charge in [-0.25, -0.2) is 9.97 Å². The van der Waals surface area contributed by atoms with Crippen LogP contribution in [0.4, 0.5) is 5.69 Å². The van der Waals surface area contributed by atoms with Crippen LogP contribution in [-0.4, -0.2) is 20.4 Å². The van der Waals surface area contributed by atoms with Crippen LogP contribution in [-0.2, 0) is 11.2 Å². The summed E-state index contributed by atoms with van der Waals surface area (Å²) < 4.78 is 2.14. The Kier molecular flexibility index (Phi) is 5.11. The maximum Gasteiger partial charge on any atom is 0.231 e. The number of carbonyl (C=O) groups excluding carboxylic acids is 1. The first-order valence-electron chi connectivity index (χ1n) is 8.91. The topological polar surface area (TPSA) is 59.8 Å². The van der Waals surface area contributed by atoms with Gasteiger partial charge in [-0.15, -0.1) is 22.7 Å². The summed E-state index contributed by atoms with van der Waals surface area (Å²) in [5.74, 6) is -0.0574. The van der Waals surface area contributed by atoms with E-state index in [0.717, 1.165) is 44.0 Å². The van der Waals surface area contributed by atoms with Crippen LogP contribution in [0.25, 0.3) is 16.4 Å². The van der Waals surface area contributed by atoms with Gasteiger partial charge in [-0.1, -0.05) is 17.7 Å². The van der Waals surface area contributed by atoms with Crippen molar-refractivity contribution in [2.45, 2.75) is 27.2 Å². The Labute approximate surface area is 171 Å². The number of amides is 1. The van der Waals surface area contributed by atoms with Crippen LogP contribution in [0, 0.1) is 20.8 Å². The van der Waals surface area contributed by atoms with Crippen LogP contribution in [0.3, 0.4) is 0 Å². The number of thiazole rings is 2. The fraction of sp³-hybridized carbons (Fsp3) is 0.190. The quantitative estimate of drug-likeness (QED) is 0.496. The molecule has 4 aromatic rings. The molecule has 3 heterocycles. The van der Waals surface area contributed by atoms with E-state index in [2.05, 4.69) is 34.8 Å². The van der Waals surface area contributed by atoms with Crippen molar-refractivity contribution in [2.75, 3.05) is 5.32 Å². The monoisotopic (exact) mass is 408 g/mol. The van der Waals surface area contributed by atoms with Gasteiger partial charge < -0.3 is 5.32 Å². The fourth-order valence-electron chi connectivity index (χ4n) is 3.14. The zero-order valence-corrected chi connectivity index (χ0v) is 17.5. The van der Waals surface area contributed by atoms with Crippen LogP contribution in [0.1, 0.15) is 22.0 Å². The minimum atomic E-state index is -0.0574. The second-order valence-corrected chi connectivity index (χ2v) is 8.47. The van der Waals surface area contributed by atoms with Crippen molar-refractivity contribution in [3.63, 3.8) is 0 Å². The van der Waals surface area contributed by atoms with Gasteiger partial charge in [0.1, 0.15) is 5.01 Å². The Bertz CT molecular complexity index is 1110. The zero-order valence-electron chi connectivity index (χ0n) is 15.9. The van der Waals surface area contributed by atoms with E-state index < -0.39 is 0 Å². The molecule has 142 valence electrons. The lowest BCUT2D eigenvalue weighted by Crippen LogP contribution is -2.14. The maximum absolute atomic E-state index is 12.3. The Morgan fingerprint density at radius 1 is 1.14 bits per heavy atom. The molecule has 1 N–H and O–H groups in total. The van der Waals surface area contributed by atoms with E-state index in [1.165, 1.54) is 11.3 Å². The van der Waals surface area contributed by atoms with Crippen molar-refractivity contribution in [1.29, 1.82) is 0 Å². The molecule has 0 aliphatic carbocycles. The number of aryl methyl sites for hydroxylation is 2. The SMILES string of the molecule is Cc1ccc(NC(=O)Cc2nc(-c3cc(C)n(-c4nccs4)c3C)cs2)cc1. The molecular weight excluding hydrogens is 388 g/mol. The Morgan fingerprint density at radius 3 is 2.64 bits per heavy atom. The molecule has 28 heavy (non-hydrogen) atoms. The van der Waals surface area contributed by atoms with E-state index in [0.29, 0.717) is 0 Å². The maximum atomic E-state index is 12.3. The molecule has 0 saturated heterocycles. The van der Waals surface area contributed by atoms with Crippen LogP contribution in [0.2, 0.25) is 0 Å². The van der Waals surface area contributed by atoms with Gasteiger partial charge in [0.25, 0.3) is 0 Å². The van der Waals surface area contributed by atoms with Crippen molar-refractivity contribution >= 4 is 34.3 Å². The Morgan fingerprint density at radius 2 is 1.93 bits per heavy atom. The van der Waals surface area contributed by atoms with E-state index in [1.807, 2.05) is 48.1 Å². The molecule has 0 saturated carbocycles. The Hall–Kier alpha value is -2.77. The predicted molar refractivity (Wildman–Crippen MR) is 116 cm³/mol. The summed E-state index contributed by atoms with van der Waals surface area (Å²) in [6.45, 7) is 6.17. The molecule has 7 heteroatoms. The predicted octanol–water partition coefficient (Wildman–Crippen LogP) is 5.16. The molecule has 0 aliphatic rings. The van der Waals surface area contributed by atoms with Crippen LogP contribution >= 0.6 is 22.7 Å². The lowest BCUT2D eigenvalue weighted by Gasteiger charge is -2.05. The first-order valence-corrected chi connectivity index (χ1v) is 10.7. The summed E-state index contributed by atoms with van der Waals surface area (Å²) >= 11 is 3.12. The highest BCUT2D eigenvalue weighted by Gasteiger charge is 2.16. The highest BCUT2D eigenvalue weighted by atomic mass is 32.1. The van der Waals surface area contributed by atoms with Crippen molar-refractivity contribution in [2.24, 2.45) is 0 Å². The highest BCUT2D eigenvalue weighted by Crippen LogP contribution is 2.31. The molecule has 0 bridgehead atoms. The van der Waals surface area contributed by atoms with Crippen molar-refractivity contribution in [1.82, 2.24) is 14.5 Å². The molecule has 5 nitrogen and oxygen atoms in total. The summed E-state index contributed by atoms with van der Waals surface area (Å²) in [4.78, 5) is 21.5. The first-order chi connectivity index (χ1) is 13.5.